The minimum Gasteiger partial charge on any atom is -0.381 e. The lowest BCUT2D eigenvalue weighted by Gasteiger charge is -2.35. The molecule has 3 aromatic carbocycles. The fraction of sp³-hybridized carbons (Fsp3) is 0.222. The minimum absolute atomic E-state index is 0.0545. The Kier molecular flexibility index (Phi) is 6.66. The summed E-state index contributed by atoms with van der Waals surface area (Å²) in [6, 6.07) is 15.9. The average Bonchev–Trinajstić information content (AvgIpc) is 3.50. The first-order valence-electron chi connectivity index (χ1n) is 11.7. The molecule has 0 radical (unpaired) electrons. The van der Waals surface area contributed by atoms with Gasteiger partial charge in [-0.3, -0.25) is 4.68 Å². The topological polar surface area (TPSA) is 80.8 Å². The predicted octanol–water partition coefficient (Wildman–Crippen LogP) is 5.63. The number of rotatable bonds is 8. The summed E-state index contributed by atoms with van der Waals surface area (Å²) in [5, 5.41) is 25.8. The van der Waals surface area contributed by atoms with Crippen molar-refractivity contribution in [2.45, 2.75) is 38.6 Å². The average molecular weight is 523 g/mol. The second-order valence-corrected chi connectivity index (χ2v) is 9.50. The van der Waals surface area contributed by atoms with Crippen molar-refractivity contribution >= 4 is 28.2 Å². The summed E-state index contributed by atoms with van der Waals surface area (Å²) in [6.07, 6.45) is 2.77. The normalized spacial score (nSPS) is 14.0. The predicted molar refractivity (Wildman–Crippen MR) is 138 cm³/mol. The van der Waals surface area contributed by atoms with Gasteiger partial charge in [0.25, 0.3) is 0 Å². The third-order valence-corrected chi connectivity index (χ3v) is 6.93. The Morgan fingerprint density at radius 1 is 1.08 bits per heavy atom. The minimum atomic E-state index is -1.81. The van der Waals surface area contributed by atoms with Crippen LogP contribution in [0.4, 0.5) is 14.5 Å². The Bertz CT molecular complexity index is 1540. The van der Waals surface area contributed by atoms with Gasteiger partial charge in [0.2, 0.25) is 0 Å². The molecule has 5 rings (SSSR count). The van der Waals surface area contributed by atoms with Gasteiger partial charge in [-0.05, 0) is 55.8 Å². The number of fused-ring (bicyclic) bond motifs is 1. The van der Waals surface area contributed by atoms with Crippen LogP contribution in [0, 0.1) is 18.6 Å². The van der Waals surface area contributed by atoms with Crippen LogP contribution in [-0.4, -0.2) is 29.7 Å². The SMILES string of the molecule is Cc1c2ccc(NCc3ccc(Cl)cc3)cc2nn1[C@H](C)[C@](O)(Cn1cncn1)c1ccc(F)cc1F. The molecule has 0 fully saturated rings. The summed E-state index contributed by atoms with van der Waals surface area (Å²) in [5.74, 6) is -1.57. The van der Waals surface area contributed by atoms with E-state index in [0.717, 1.165) is 34.5 Å². The molecule has 190 valence electrons. The second-order valence-electron chi connectivity index (χ2n) is 9.06. The van der Waals surface area contributed by atoms with Crippen molar-refractivity contribution in [2.24, 2.45) is 0 Å². The number of aromatic nitrogens is 5. The van der Waals surface area contributed by atoms with Gasteiger partial charge in [0.15, 0.2) is 0 Å². The highest BCUT2D eigenvalue weighted by molar-refractivity contribution is 6.30. The number of hydrogen-bond acceptors (Lipinski definition) is 5. The number of halogens is 3. The van der Waals surface area contributed by atoms with Crippen molar-refractivity contribution in [1.29, 1.82) is 0 Å². The lowest BCUT2D eigenvalue weighted by atomic mass is 9.86. The Balaban J connectivity index is 1.49. The molecule has 7 nitrogen and oxygen atoms in total. The molecule has 0 unspecified atom stereocenters. The van der Waals surface area contributed by atoms with Gasteiger partial charge < -0.3 is 10.4 Å². The fourth-order valence-corrected chi connectivity index (χ4v) is 4.70. The molecule has 2 N–H and O–H groups in total. The van der Waals surface area contributed by atoms with Crippen LogP contribution in [0.15, 0.2) is 73.3 Å². The fourth-order valence-electron chi connectivity index (χ4n) is 4.57. The molecule has 0 amide bonds. The molecule has 0 saturated heterocycles. The van der Waals surface area contributed by atoms with Crippen LogP contribution >= 0.6 is 11.6 Å². The molecule has 0 bridgehead atoms. The van der Waals surface area contributed by atoms with Crippen molar-refractivity contribution in [1.82, 2.24) is 24.5 Å². The zero-order chi connectivity index (χ0) is 26.2. The van der Waals surface area contributed by atoms with Gasteiger partial charge >= 0.3 is 0 Å². The van der Waals surface area contributed by atoms with Crippen LogP contribution in [0.1, 0.15) is 29.8 Å². The molecule has 10 heteroatoms. The molecule has 5 aromatic rings. The van der Waals surface area contributed by atoms with Crippen molar-refractivity contribution in [2.75, 3.05) is 5.32 Å². The Morgan fingerprint density at radius 3 is 2.57 bits per heavy atom. The number of benzene rings is 3. The summed E-state index contributed by atoms with van der Waals surface area (Å²) in [5.41, 5.74) is 1.61. The summed E-state index contributed by atoms with van der Waals surface area (Å²) >= 11 is 5.97. The molecule has 2 atom stereocenters. The van der Waals surface area contributed by atoms with Crippen molar-refractivity contribution in [3.63, 3.8) is 0 Å². The van der Waals surface area contributed by atoms with Gasteiger partial charge in [-0.15, -0.1) is 0 Å². The van der Waals surface area contributed by atoms with Gasteiger partial charge in [0, 0.05) is 40.0 Å². The van der Waals surface area contributed by atoms with Crippen LogP contribution in [0.3, 0.4) is 0 Å². The lowest BCUT2D eigenvalue weighted by Crippen LogP contribution is -2.41. The Morgan fingerprint density at radius 2 is 1.86 bits per heavy atom. The van der Waals surface area contributed by atoms with E-state index in [1.165, 1.54) is 23.4 Å². The molecular weight excluding hydrogens is 498 g/mol. The molecule has 2 heterocycles. The zero-order valence-electron chi connectivity index (χ0n) is 20.2. The van der Waals surface area contributed by atoms with E-state index in [2.05, 4.69) is 15.4 Å². The van der Waals surface area contributed by atoms with Crippen molar-refractivity contribution in [3.05, 3.63) is 107 Å². The lowest BCUT2D eigenvalue weighted by molar-refractivity contribution is -0.0372. The quantitative estimate of drug-likeness (QED) is 0.276. The maximum atomic E-state index is 15.0. The molecule has 0 aliphatic carbocycles. The van der Waals surface area contributed by atoms with E-state index in [0.29, 0.717) is 17.1 Å². The van der Waals surface area contributed by atoms with Gasteiger partial charge in [0.1, 0.15) is 29.9 Å². The highest BCUT2D eigenvalue weighted by Gasteiger charge is 2.41. The maximum absolute atomic E-state index is 15.0. The zero-order valence-corrected chi connectivity index (χ0v) is 21.0. The molecule has 37 heavy (non-hydrogen) atoms. The van der Waals surface area contributed by atoms with E-state index >= 15 is 0 Å². The first-order chi connectivity index (χ1) is 17.7. The second kappa shape index (κ2) is 9.91. The summed E-state index contributed by atoms with van der Waals surface area (Å²) in [7, 11) is 0. The maximum Gasteiger partial charge on any atom is 0.137 e. The number of aryl methyl sites for hydroxylation is 1. The van der Waals surface area contributed by atoms with E-state index in [1.807, 2.05) is 49.4 Å². The number of anilines is 1. The monoisotopic (exact) mass is 522 g/mol. The van der Waals surface area contributed by atoms with Crippen molar-refractivity contribution in [3.8, 4) is 0 Å². The summed E-state index contributed by atoms with van der Waals surface area (Å²) in [6.45, 7) is 4.14. The summed E-state index contributed by atoms with van der Waals surface area (Å²) < 4.78 is 31.7. The molecular formula is C27H25ClF2N6O. The van der Waals surface area contributed by atoms with Crippen molar-refractivity contribution < 1.29 is 13.9 Å². The number of aliphatic hydroxyl groups is 1. The standard InChI is InChI=1S/C27H25ClF2N6O/c1-17-23-9-8-22(32-13-19-3-5-20(28)6-4-19)12-26(23)34-36(17)18(2)27(37,14-35-16-31-15-33-35)24-10-7-21(29)11-25(24)30/h3-12,15-16,18,32,37H,13-14H2,1-2H3/t18-,27-/m1/s1. The largest absolute Gasteiger partial charge is 0.381 e. The first kappa shape index (κ1) is 24.9. The van der Waals surface area contributed by atoms with Gasteiger partial charge in [-0.2, -0.15) is 10.2 Å². The number of nitrogens with one attached hydrogen (secondary N) is 1. The highest BCUT2D eigenvalue weighted by atomic mass is 35.5. The van der Waals surface area contributed by atoms with E-state index in [-0.39, 0.29) is 12.1 Å². The Labute approximate surface area is 217 Å². The number of nitrogens with zero attached hydrogens (tertiary/aromatic N) is 5. The van der Waals surface area contributed by atoms with Gasteiger partial charge in [0.05, 0.1) is 18.1 Å². The van der Waals surface area contributed by atoms with E-state index in [9.17, 15) is 13.9 Å². The third-order valence-electron chi connectivity index (χ3n) is 6.68. The first-order valence-corrected chi connectivity index (χ1v) is 12.1. The van der Waals surface area contributed by atoms with E-state index < -0.39 is 23.3 Å². The molecule has 0 spiro atoms. The number of hydrogen-bond donors (Lipinski definition) is 2. The summed E-state index contributed by atoms with van der Waals surface area (Å²) in [4.78, 5) is 3.93. The smallest absolute Gasteiger partial charge is 0.137 e. The molecule has 0 aliphatic heterocycles. The van der Waals surface area contributed by atoms with Crippen LogP contribution < -0.4 is 5.32 Å². The van der Waals surface area contributed by atoms with Crippen LogP contribution in [0.5, 0.6) is 0 Å². The molecule has 0 aliphatic rings. The van der Waals surface area contributed by atoms with Gasteiger partial charge in [-0.1, -0.05) is 29.8 Å². The van der Waals surface area contributed by atoms with Gasteiger partial charge in [-0.25, -0.2) is 18.4 Å². The van der Waals surface area contributed by atoms with E-state index in [1.54, 1.807) is 11.6 Å². The van der Waals surface area contributed by atoms with Crippen LogP contribution in [0.2, 0.25) is 5.02 Å². The third kappa shape index (κ3) is 4.92. The molecule has 0 saturated carbocycles. The Hall–Kier alpha value is -3.82. The van der Waals surface area contributed by atoms with E-state index in [4.69, 9.17) is 16.7 Å². The molecule has 2 aromatic heterocycles. The highest BCUT2D eigenvalue weighted by Crippen LogP contribution is 2.38. The van der Waals surface area contributed by atoms with Crippen LogP contribution in [-0.2, 0) is 18.7 Å². The van der Waals surface area contributed by atoms with Crippen LogP contribution in [0.25, 0.3) is 10.9 Å².